The van der Waals surface area contributed by atoms with E-state index in [1.807, 2.05) is 0 Å². The smallest absolute Gasteiger partial charge is 0.239 e. The van der Waals surface area contributed by atoms with Gasteiger partial charge < -0.3 is 10.2 Å². The van der Waals surface area contributed by atoms with Gasteiger partial charge >= 0.3 is 0 Å². The average molecular weight is 223 g/mol. The second kappa shape index (κ2) is 3.43. The Bertz CT molecular complexity index is 541. The molecular formula is C10H9NO3S. The number of sulfone groups is 1. The summed E-state index contributed by atoms with van der Waals surface area (Å²) < 4.78 is 28.6. The van der Waals surface area contributed by atoms with Gasteiger partial charge in [-0.05, 0) is 36.4 Å². The molecule has 1 aromatic heterocycles. The van der Waals surface area contributed by atoms with E-state index >= 15 is 0 Å². The van der Waals surface area contributed by atoms with E-state index in [0.29, 0.717) is 5.69 Å². The van der Waals surface area contributed by atoms with Gasteiger partial charge in [0.25, 0.3) is 0 Å². The minimum absolute atomic E-state index is 0.0627. The van der Waals surface area contributed by atoms with Crippen LogP contribution < -0.4 is 5.73 Å². The highest BCUT2D eigenvalue weighted by atomic mass is 32.2. The molecule has 0 amide bonds. The molecule has 2 N–H and O–H groups in total. The normalized spacial score (nSPS) is 11.5. The van der Waals surface area contributed by atoms with Crippen LogP contribution in [-0.4, -0.2) is 8.42 Å². The van der Waals surface area contributed by atoms with Gasteiger partial charge in [0.15, 0.2) is 0 Å². The first-order valence-corrected chi connectivity index (χ1v) is 5.73. The molecule has 0 spiro atoms. The Balaban J connectivity index is 2.52. The van der Waals surface area contributed by atoms with Gasteiger partial charge in [-0.3, -0.25) is 0 Å². The fourth-order valence-corrected chi connectivity index (χ4v) is 2.35. The van der Waals surface area contributed by atoms with Crippen molar-refractivity contribution in [2.75, 3.05) is 5.73 Å². The van der Waals surface area contributed by atoms with Crippen LogP contribution in [0.4, 0.5) is 5.69 Å². The lowest BCUT2D eigenvalue weighted by Gasteiger charge is -2.00. The zero-order chi connectivity index (χ0) is 10.9. The topological polar surface area (TPSA) is 73.3 Å². The van der Waals surface area contributed by atoms with E-state index in [9.17, 15) is 8.42 Å². The molecule has 0 aliphatic rings. The molecule has 0 aliphatic heterocycles. The largest absolute Gasteiger partial charge is 0.453 e. The highest BCUT2D eigenvalue weighted by molar-refractivity contribution is 7.91. The third kappa shape index (κ3) is 1.73. The zero-order valence-electron chi connectivity index (χ0n) is 7.75. The van der Waals surface area contributed by atoms with Crippen LogP contribution in [0.1, 0.15) is 0 Å². The Labute approximate surface area is 87.2 Å². The third-order valence-corrected chi connectivity index (χ3v) is 3.61. The van der Waals surface area contributed by atoms with Gasteiger partial charge in [0.2, 0.25) is 14.9 Å². The van der Waals surface area contributed by atoms with E-state index < -0.39 is 9.84 Å². The number of benzene rings is 1. The summed E-state index contributed by atoms with van der Waals surface area (Å²) >= 11 is 0. The lowest BCUT2D eigenvalue weighted by atomic mass is 10.3. The van der Waals surface area contributed by atoms with Crippen molar-refractivity contribution < 1.29 is 12.8 Å². The van der Waals surface area contributed by atoms with Crippen molar-refractivity contribution in [1.29, 1.82) is 0 Å². The van der Waals surface area contributed by atoms with E-state index in [4.69, 9.17) is 10.2 Å². The minimum Gasteiger partial charge on any atom is -0.453 e. The standard InChI is InChI=1S/C10H9NO3S/c11-8-3-5-9(6-4-8)15(12,13)10-2-1-7-14-10/h1-7H,11H2. The van der Waals surface area contributed by atoms with Crippen LogP contribution in [0.3, 0.4) is 0 Å². The monoisotopic (exact) mass is 223 g/mol. The van der Waals surface area contributed by atoms with E-state index in [0.717, 1.165) is 0 Å². The fraction of sp³-hybridized carbons (Fsp3) is 0. The molecule has 0 atom stereocenters. The van der Waals surface area contributed by atoms with E-state index in [2.05, 4.69) is 0 Å². The van der Waals surface area contributed by atoms with Crippen LogP contribution in [0.2, 0.25) is 0 Å². The molecule has 0 bridgehead atoms. The average Bonchev–Trinajstić information content (AvgIpc) is 2.71. The molecule has 1 heterocycles. The van der Waals surface area contributed by atoms with Gasteiger partial charge in [-0.25, -0.2) is 8.42 Å². The SMILES string of the molecule is Nc1ccc(S(=O)(=O)c2ccco2)cc1. The number of furan rings is 1. The first kappa shape index (κ1) is 9.79. The summed E-state index contributed by atoms with van der Waals surface area (Å²) in [5.41, 5.74) is 5.99. The molecule has 0 saturated carbocycles. The van der Waals surface area contributed by atoms with E-state index in [1.165, 1.54) is 42.7 Å². The first-order valence-electron chi connectivity index (χ1n) is 4.25. The quantitative estimate of drug-likeness (QED) is 0.786. The maximum absolute atomic E-state index is 11.9. The van der Waals surface area contributed by atoms with Crippen molar-refractivity contribution in [1.82, 2.24) is 0 Å². The Hall–Kier alpha value is -1.75. The van der Waals surface area contributed by atoms with Crippen LogP contribution in [0.15, 0.2) is 57.1 Å². The van der Waals surface area contributed by atoms with Gasteiger partial charge in [0, 0.05) is 5.69 Å². The van der Waals surface area contributed by atoms with Crippen LogP contribution >= 0.6 is 0 Å². The van der Waals surface area contributed by atoms with Gasteiger partial charge in [-0.1, -0.05) is 0 Å². The van der Waals surface area contributed by atoms with Crippen molar-refractivity contribution in [3.8, 4) is 0 Å². The molecule has 15 heavy (non-hydrogen) atoms. The minimum atomic E-state index is -3.53. The molecule has 2 aromatic rings. The Kier molecular flexibility index (Phi) is 2.24. The molecule has 0 radical (unpaired) electrons. The zero-order valence-corrected chi connectivity index (χ0v) is 8.57. The number of anilines is 1. The maximum Gasteiger partial charge on any atom is 0.239 e. The second-order valence-electron chi connectivity index (χ2n) is 3.00. The van der Waals surface area contributed by atoms with Gasteiger partial charge in [-0.2, -0.15) is 0 Å². The summed E-state index contributed by atoms with van der Waals surface area (Å²) in [6.45, 7) is 0. The molecule has 0 unspecified atom stereocenters. The molecule has 1 aromatic carbocycles. The summed E-state index contributed by atoms with van der Waals surface area (Å²) in [4.78, 5) is 0.173. The Morgan fingerprint density at radius 1 is 1.07 bits per heavy atom. The lowest BCUT2D eigenvalue weighted by Crippen LogP contribution is -2.00. The predicted octanol–water partition coefficient (Wildman–Crippen LogP) is 1.69. The van der Waals surface area contributed by atoms with Crippen LogP contribution in [0, 0.1) is 0 Å². The number of nitrogen functional groups attached to an aromatic ring is 1. The number of hydrogen-bond acceptors (Lipinski definition) is 4. The Morgan fingerprint density at radius 2 is 1.73 bits per heavy atom. The van der Waals surface area contributed by atoms with Gasteiger partial charge in [0.1, 0.15) is 0 Å². The molecule has 4 nitrogen and oxygen atoms in total. The summed E-state index contributed by atoms with van der Waals surface area (Å²) in [5, 5.41) is -0.0627. The Morgan fingerprint density at radius 3 is 2.27 bits per heavy atom. The summed E-state index contributed by atoms with van der Waals surface area (Å²) in [6, 6.07) is 8.92. The van der Waals surface area contributed by atoms with Crippen molar-refractivity contribution in [2.24, 2.45) is 0 Å². The predicted molar refractivity (Wildman–Crippen MR) is 55.0 cm³/mol. The summed E-state index contributed by atoms with van der Waals surface area (Å²) in [6.07, 6.45) is 1.32. The number of hydrogen-bond donors (Lipinski definition) is 1. The molecule has 0 saturated heterocycles. The lowest BCUT2D eigenvalue weighted by molar-refractivity contribution is 0.450. The molecule has 5 heteroatoms. The van der Waals surface area contributed by atoms with Crippen LogP contribution in [0.5, 0.6) is 0 Å². The van der Waals surface area contributed by atoms with Gasteiger partial charge in [-0.15, -0.1) is 0 Å². The van der Waals surface area contributed by atoms with Crippen molar-refractivity contribution in [3.05, 3.63) is 42.7 Å². The molecule has 0 aliphatic carbocycles. The second-order valence-corrected chi connectivity index (χ2v) is 4.89. The number of nitrogens with two attached hydrogens (primary N) is 1. The molecule has 78 valence electrons. The molecule has 2 rings (SSSR count). The summed E-state index contributed by atoms with van der Waals surface area (Å²) in [7, 11) is -3.53. The maximum atomic E-state index is 11.9. The van der Waals surface area contributed by atoms with Crippen molar-refractivity contribution in [3.63, 3.8) is 0 Å². The third-order valence-electron chi connectivity index (χ3n) is 1.95. The molecular weight excluding hydrogens is 214 g/mol. The van der Waals surface area contributed by atoms with Crippen LogP contribution in [-0.2, 0) is 9.84 Å². The fourth-order valence-electron chi connectivity index (χ4n) is 1.18. The highest BCUT2D eigenvalue weighted by Gasteiger charge is 2.19. The highest BCUT2D eigenvalue weighted by Crippen LogP contribution is 2.21. The first-order chi connectivity index (χ1) is 7.10. The van der Waals surface area contributed by atoms with E-state index in [1.54, 1.807) is 0 Å². The van der Waals surface area contributed by atoms with Crippen molar-refractivity contribution in [2.45, 2.75) is 9.99 Å². The molecule has 0 fully saturated rings. The van der Waals surface area contributed by atoms with Gasteiger partial charge in [0.05, 0.1) is 11.2 Å². The van der Waals surface area contributed by atoms with E-state index in [-0.39, 0.29) is 9.99 Å². The van der Waals surface area contributed by atoms with Crippen LogP contribution in [0.25, 0.3) is 0 Å². The van der Waals surface area contributed by atoms with Crippen molar-refractivity contribution >= 4 is 15.5 Å². The number of rotatable bonds is 2. The summed E-state index contributed by atoms with van der Waals surface area (Å²) in [5.74, 6) is 0.